The van der Waals surface area contributed by atoms with Crippen LogP contribution in [0.4, 0.5) is 0 Å². The normalized spacial score (nSPS) is 15.7. The molecular formula is C36H50N2+2. The summed E-state index contributed by atoms with van der Waals surface area (Å²) in [6.07, 6.45) is 22.8. The lowest BCUT2D eigenvalue weighted by Crippen LogP contribution is -2.35. The van der Waals surface area contributed by atoms with Gasteiger partial charge in [0.05, 0.1) is 0 Å². The maximum absolute atomic E-state index is 2.54. The van der Waals surface area contributed by atoms with E-state index in [2.05, 4.69) is 99.7 Å². The molecular weight excluding hydrogens is 460 g/mol. The van der Waals surface area contributed by atoms with Gasteiger partial charge in [-0.2, -0.15) is 0 Å². The minimum absolute atomic E-state index is 0.0188. The van der Waals surface area contributed by atoms with Crippen molar-refractivity contribution in [1.82, 2.24) is 0 Å². The van der Waals surface area contributed by atoms with E-state index in [9.17, 15) is 0 Å². The number of aryl methyl sites for hydroxylation is 2. The minimum atomic E-state index is 0.0188. The van der Waals surface area contributed by atoms with Crippen molar-refractivity contribution in [2.45, 2.75) is 130 Å². The summed E-state index contributed by atoms with van der Waals surface area (Å²) < 4.78 is 4.87. The maximum Gasteiger partial charge on any atom is 0.173 e. The van der Waals surface area contributed by atoms with Gasteiger partial charge in [0, 0.05) is 46.9 Å². The third-order valence-corrected chi connectivity index (χ3v) is 9.51. The van der Waals surface area contributed by atoms with Crippen LogP contribution < -0.4 is 9.13 Å². The van der Waals surface area contributed by atoms with Gasteiger partial charge >= 0.3 is 0 Å². The highest BCUT2D eigenvalue weighted by Gasteiger charge is 2.43. The summed E-state index contributed by atoms with van der Waals surface area (Å²) in [6, 6.07) is 9.87. The average Bonchev–Trinajstić information content (AvgIpc) is 3.26. The van der Waals surface area contributed by atoms with Crippen LogP contribution in [-0.2, 0) is 23.9 Å². The van der Waals surface area contributed by atoms with Crippen LogP contribution >= 0.6 is 0 Å². The van der Waals surface area contributed by atoms with E-state index in [0.717, 1.165) is 13.1 Å². The Balaban J connectivity index is 1.42. The zero-order valence-electron chi connectivity index (χ0n) is 25.0. The van der Waals surface area contributed by atoms with Crippen LogP contribution in [0, 0.1) is 0 Å². The van der Waals surface area contributed by atoms with Crippen LogP contribution in [0.3, 0.4) is 0 Å². The van der Waals surface area contributed by atoms with E-state index in [4.69, 9.17) is 0 Å². The summed E-state index contributed by atoms with van der Waals surface area (Å²) in [6.45, 7) is 16.5. The number of pyridine rings is 2. The molecule has 2 aliphatic rings. The quantitative estimate of drug-likeness (QED) is 0.170. The molecule has 2 heterocycles. The molecule has 0 aliphatic heterocycles. The smallest absolute Gasteiger partial charge is 0.173 e. The van der Waals surface area contributed by atoms with Gasteiger partial charge in [0.2, 0.25) is 0 Å². The number of unbranched alkanes of at least 4 members (excludes halogenated alkanes) is 8. The number of fused-ring (bicyclic) bond motifs is 6. The predicted molar refractivity (Wildman–Crippen MR) is 159 cm³/mol. The highest BCUT2D eigenvalue weighted by molar-refractivity contribution is 5.88. The second-order valence-electron chi connectivity index (χ2n) is 13.0. The average molecular weight is 511 g/mol. The van der Waals surface area contributed by atoms with Crippen molar-refractivity contribution >= 4 is 0 Å². The van der Waals surface area contributed by atoms with Crippen LogP contribution in [0.1, 0.15) is 128 Å². The van der Waals surface area contributed by atoms with Crippen molar-refractivity contribution in [3.05, 3.63) is 71.3 Å². The fourth-order valence-electron chi connectivity index (χ4n) is 6.99. The Morgan fingerprint density at radius 2 is 0.895 bits per heavy atom. The molecule has 1 aromatic carbocycles. The van der Waals surface area contributed by atoms with E-state index < -0.39 is 0 Å². The molecule has 0 radical (unpaired) electrons. The molecule has 2 heteroatoms. The Morgan fingerprint density at radius 1 is 0.500 bits per heavy atom. The molecule has 2 aliphatic carbocycles. The van der Waals surface area contributed by atoms with Gasteiger partial charge in [0.25, 0.3) is 0 Å². The molecule has 2 nitrogen and oxygen atoms in total. The lowest BCUT2D eigenvalue weighted by molar-refractivity contribution is -0.697. The van der Waals surface area contributed by atoms with Gasteiger partial charge in [-0.05, 0) is 58.4 Å². The van der Waals surface area contributed by atoms with Crippen LogP contribution in [-0.4, -0.2) is 0 Å². The SMILES string of the molecule is CCCCCCC[n+]1ccc2c(c1)C(C)(C)c1cc3c(cc1-2)C(C)(C)c1c[n+](CCCCCCC)ccc1-3. The summed E-state index contributed by atoms with van der Waals surface area (Å²) in [5.41, 5.74) is 11.8. The number of hydrogen-bond donors (Lipinski definition) is 0. The molecule has 5 rings (SSSR count). The van der Waals surface area contributed by atoms with E-state index in [1.54, 1.807) is 0 Å². The Kier molecular flexibility index (Phi) is 7.81. The third kappa shape index (κ3) is 4.85. The highest BCUT2D eigenvalue weighted by atomic mass is 14.9. The summed E-state index contributed by atoms with van der Waals surface area (Å²) >= 11 is 0. The lowest BCUT2D eigenvalue weighted by Gasteiger charge is -2.23. The standard InChI is InChI=1S/C36H50N2/c1-7-9-11-13-15-19-37-21-17-27-29-23-32-30(24-31(29)35(3,4)33(27)25-37)28-18-22-38(20-16-14-12-10-8-2)26-34(28)36(32,5)6/h17-18,21-26H,7-16,19-20H2,1-6H3/q+2. The first-order chi connectivity index (χ1) is 18.3. The first-order valence-electron chi connectivity index (χ1n) is 15.6. The molecule has 0 amide bonds. The largest absolute Gasteiger partial charge is 0.205 e. The number of hydrogen-bond acceptors (Lipinski definition) is 0. The second kappa shape index (κ2) is 10.9. The molecule has 0 fully saturated rings. The van der Waals surface area contributed by atoms with E-state index in [1.165, 1.54) is 109 Å². The van der Waals surface area contributed by atoms with E-state index in [-0.39, 0.29) is 10.8 Å². The predicted octanol–water partition coefficient (Wildman–Crippen LogP) is 8.82. The fourth-order valence-corrected chi connectivity index (χ4v) is 6.99. The minimum Gasteiger partial charge on any atom is -0.205 e. The van der Waals surface area contributed by atoms with Crippen molar-refractivity contribution in [2.24, 2.45) is 0 Å². The summed E-state index contributed by atoms with van der Waals surface area (Å²) in [5.74, 6) is 0. The first-order valence-corrected chi connectivity index (χ1v) is 15.6. The Labute approximate surface area is 232 Å². The van der Waals surface area contributed by atoms with E-state index >= 15 is 0 Å². The van der Waals surface area contributed by atoms with Gasteiger partial charge in [-0.25, -0.2) is 9.13 Å². The maximum atomic E-state index is 2.54. The molecule has 0 saturated heterocycles. The Bertz CT molecular complexity index is 1200. The number of benzene rings is 1. The molecule has 3 aromatic rings. The van der Waals surface area contributed by atoms with Crippen molar-refractivity contribution < 1.29 is 9.13 Å². The molecule has 0 spiro atoms. The highest BCUT2D eigenvalue weighted by Crippen LogP contribution is 2.55. The fraction of sp³-hybridized carbons (Fsp3) is 0.556. The molecule has 0 saturated carbocycles. The van der Waals surface area contributed by atoms with Crippen LogP contribution in [0.5, 0.6) is 0 Å². The summed E-state index contributed by atoms with van der Waals surface area (Å²) in [4.78, 5) is 0. The van der Waals surface area contributed by atoms with Gasteiger partial charge in [-0.1, -0.05) is 80.1 Å². The summed E-state index contributed by atoms with van der Waals surface area (Å²) in [7, 11) is 0. The van der Waals surface area contributed by atoms with E-state index in [0.29, 0.717) is 0 Å². The van der Waals surface area contributed by atoms with Gasteiger partial charge in [-0.3, -0.25) is 0 Å². The van der Waals surface area contributed by atoms with Crippen molar-refractivity contribution in [1.29, 1.82) is 0 Å². The summed E-state index contributed by atoms with van der Waals surface area (Å²) in [5, 5.41) is 0. The van der Waals surface area contributed by atoms with Crippen LogP contribution in [0.25, 0.3) is 22.3 Å². The van der Waals surface area contributed by atoms with Crippen molar-refractivity contribution in [3.63, 3.8) is 0 Å². The van der Waals surface area contributed by atoms with Crippen LogP contribution in [0.15, 0.2) is 49.1 Å². The molecule has 202 valence electrons. The number of nitrogens with zero attached hydrogens (tertiary/aromatic N) is 2. The number of rotatable bonds is 12. The van der Waals surface area contributed by atoms with Gasteiger partial charge < -0.3 is 0 Å². The van der Waals surface area contributed by atoms with Gasteiger partial charge in [0.1, 0.15) is 13.1 Å². The van der Waals surface area contributed by atoms with Crippen molar-refractivity contribution in [3.8, 4) is 22.3 Å². The zero-order chi connectivity index (χ0) is 26.9. The van der Waals surface area contributed by atoms with Gasteiger partial charge in [0.15, 0.2) is 24.8 Å². The molecule has 38 heavy (non-hydrogen) atoms. The number of aromatic nitrogens is 2. The second-order valence-corrected chi connectivity index (χ2v) is 13.0. The zero-order valence-corrected chi connectivity index (χ0v) is 25.0. The molecule has 0 N–H and O–H groups in total. The first kappa shape index (κ1) is 27.1. The Morgan fingerprint density at radius 3 is 1.29 bits per heavy atom. The monoisotopic (exact) mass is 510 g/mol. The Hall–Kier alpha value is -2.48. The third-order valence-electron chi connectivity index (χ3n) is 9.51. The lowest BCUT2D eigenvalue weighted by atomic mass is 9.79. The van der Waals surface area contributed by atoms with Gasteiger partial charge in [-0.15, -0.1) is 0 Å². The van der Waals surface area contributed by atoms with E-state index in [1.807, 2.05) is 0 Å². The molecule has 0 unspecified atom stereocenters. The molecule has 2 aromatic heterocycles. The molecule has 0 atom stereocenters. The topological polar surface area (TPSA) is 7.76 Å². The van der Waals surface area contributed by atoms with Crippen LogP contribution in [0.2, 0.25) is 0 Å². The molecule has 0 bridgehead atoms. The van der Waals surface area contributed by atoms with Crippen molar-refractivity contribution in [2.75, 3.05) is 0 Å².